The molecular formula is C9H7ClN2O2. The highest BCUT2D eigenvalue weighted by Gasteiger charge is 2.08. The molecule has 0 radical (unpaired) electrons. The van der Waals surface area contributed by atoms with E-state index in [0.717, 1.165) is 5.69 Å². The summed E-state index contributed by atoms with van der Waals surface area (Å²) in [5, 5.41) is 9.13. The first-order valence-corrected chi connectivity index (χ1v) is 4.34. The molecular weight excluding hydrogens is 204 g/mol. The zero-order valence-corrected chi connectivity index (χ0v) is 8.12. The third kappa shape index (κ3) is 1.33. The number of carboxylic acids is 1. The molecule has 0 aliphatic rings. The number of imidazole rings is 1. The summed E-state index contributed by atoms with van der Waals surface area (Å²) in [5.41, 5.74) is 1.50. The van der Waals surface area contributed by atoms with Crippen LogP contribution in [0.15, 0.2) is 18.3 Å². The summed E-state index contributed by atoms with van der Waals surface area (Å²) in [6.07, 6.45) is 1.75. The van der Waals surface area contributed by atoms with E-state index in [2.05, 4.69) is 4.98 Å². The number of aryl methyl sites for hydroxylation is 1. The molecule has 0 bridgehead atoms. The molecule has 2 heterocycles. The Morgan fingerprint density at radius 2 is 2.29 bits per heavy atom. The summed E-state index contributed by atoms with van der Waals surface area (Å²) in [5.74, 6) is -1.00. The Bertz CT molecular complexity index is 519. The van der Waals surface area contributed by atoms with Gasteiger partial charge >= 0.3 is 5.97 Å². The van der Waals surface area contributed by atoms with Crippen LogP contribution in [0.1, 0.15) is 16.1 Å². The minimum atomic E-state index is -1.00. The summed E-state index contributed by atoms with van der Waals surface area (Å²) in [6.45, 7) is 1.82. The molecule has 1 N–H and O–H groups in total. The van der Waals surface area contributed by atoms with Crippen LogP contribution in [-0.2, 0) is 0 Å². The monoisotopic (exact) mass is 210 g/mol. The lowest BCUT2D eigenvalue weighted by atomic mass is 10.3. The van der Waals surface area contributed by atoms with Gasteiger partial charge in [-0.15, -0.1) is 0 Å². The summed E-state index contributed by atoms with van der Waals surface area (Å²) >= 11 is 5.88. The first-order chi connectivity index (χ1) is 6.58. The maximum Gasteiger partial charge on any atom is 0.335 e. The van der Waals surface area contributed by atoms with Crippen molar-refractivity contribution in [1.82, 2.24) is 9.38 Å². The first-order valence-electron chi connectivity index (χ1n) is 3.96. The van der Waals surface area contributed by atoms with Crippen LogP contribution in [-0.4, -0.2) is 20.5 Å². The minimum Gasteiger partial charge on any atom is -0.478 e. The second-order valence-corrected chi connectivity index (χ2v) is 3.37. The number of fused-ring (bicyclic) bond motifs is 1. The van der Waals surface area contributed by atoms with Gasteiger partial charge in [0.25, 0.3) is 0 Å². The Morgan fingerprint density at radius 1 is 1.57 bits per heavy atom. The molecule has 4 nitrogen and oxygen atoms in total. The number of pyridine rings is 1. The van der Waals surface area contributed by atoms with E-state index in [1.54, 1.807) is 10.6 Å². The van der Waals surface area contributed by atoms with Crippen molar-refractivity contribution in [3.63, 3.8) is 0 Å². The fourth-order valence-electron chi connectivity index (χ4n) is 1.29. The molecule has 2 aromatic heterocycles. The van der Waals surface area contributed by atoms with Gasteiger partial charge < -0.3 is 5.11 Å². The number of halogens is 1. The molecule has 0 fully saturated rings. The van der Waals surface area contributed by atoms with Crippen molar-refractivity contribution in [3.05, 3.63) is 34.7 Å². The van der Waals surface area contributed by atoms with Crippen LogP contribution >= 0.6 is 11.6 Å². The van der Waals surface area contributed by atoms with E-state index in [0.29, 0.717) is 10.8 Å². The van der Waals surface area contributed by atoms with E-state index in [4.69, 9.17) is 16.7 Å². The van der Waals surface area contributed by atoms with Crippen molar-refractivity contribution >= 4 is 23.2 Å². The van der Waals surface area contributed by atoms with Crippen molar-refractivity contribution in [2.75, 3.05) is 0 Å². The number of rotatable bonds is 1. The highest BCUT2D eigenvalue weighted by atomic mass is 35.5. The van der Waals surface area contributed by atoms with E-state index in [9.17, 15) is 4.79 Å². The zero-order chi connectivity index (χ0) is 10.3. The van der Waals surface area contributed by atoms with Crippen LogP contribution in [0.4, 0.5) is 0 Å². The molecule has 0 saturated carbocycles. The van der Waals surface area contributed by atoms with Crippen LogP contribution in [0.3, 0.4) is 0 Å². The van der Waals surface area contributed by atoms with Gasteiger partial charge in [0.1, 0.15) is 10.8 Å². The van der Waals surface area contributed by atoms with Crippen molar-refractivity contribution in [2.45, 2.75) is 6.92 Å². The average molecular weight is 211 g/mol. The van der Waals surface area contributed by atoms with Gasteiger partial charge in [-0.2, -0.15) is 0 Å². The van der Waals surface area contributed by atoms with Crippen LogP contribution in [0, 0.1) is 6.92 Å². The fraction of sp³-hybridized carbons (Fsp3) is 0.111. The Hall–Kier alpha value is -1.55. The predicted molar refractivity (Wildman–Crippen MR) is 51.9 cm³/mol. The number of nitrogens with zero attached hydrogens (tertiary/aromatic N) is 2. The van der Waals surface area contributed by atoms with Gasteiger partial charge in [-0.1, -0.05) is 11.6 Å². The summed E-state index contributed by atoms with van der Waals surface area (Å²) in [4.78, 5) is 14.8. The number of hydrogen-bond acceptors (Lipinski definition) is 2. The summed E-state index contributed by atoms with van der Waals surface area (Å²) in [6, 6.07) is 2.89. The molecule has 2 rings (SSSR count). The highest BCUT2D eigenvalue weighted by molar-refractivity contribution is 6.30. The topological polar surface area (TPSA) is 54.6 Å². The molecule has 0 unspecified atom stereocenters. The van der Waals surface area contributed by atoms with Crippen molar-refractivity contribution < 1.29 is 9.90 Å². The Kier molecular flexibility index (Phi) is 1.93. The first kappa shape index (κ1) is 9.02. The number of aromatic nitrogens is 2. The molecule has 0 aliphatic heterocycles. The Morgan fingerprint density at radius 3 is 2.93 bits per heavy atom. The lowest BCUT2D eigenvalue weighted by Gasteiger charge is -1.99. The van der Waals surface area contributed by atoms with Gasteiger partial charge in [-0.3, -0.25) is 4.40 Å². The standard InChI is InChI=1S/C9H7ClN2O2/c1-5-4-12-7(10)2-6(9(13)14)3-8(12)11-5/h2-4H,1H3,(H,13,14). The lowest BCUT2D eigenvalue weighted by Crippen LogP contribution is -1.98. The van der Waals surface area contributed by atoms with Gasteiger partial charge in [0, 0.05) is 6.20 Å². The molecule has 72 valence electrons. The van der Waals surface area contributed by atoms with Gasteiger partial charge in [-0.25, -0.2) is 9.78 Å². The lowest BCUT2D eigenvalue weighted by molar-refractivity contribution is 0.0697. The van der Waals surface area contributed by atoms with Crippen molar-refractivity contribution in [3.8, 4) is 0 Å². The normalized spacial score (nSPS) is 10.7. The highest BCUT2D eigenvalue weighted by Crippen LogP contribution is 2.16. The molecule has 0 aromatic carbocycles. The zero-order valence-electron chi connectivity index (χ0n) is 7.36. The molecule has 0 amide bonds. The molecule has 2 aromatic rings. The van der Waals surface area contributed by atoms with Crippen molar-refractivity contribution in [2.24, 2.45) is 0 Å². The van der Waals surface area contributed by atoms with Gasteiger partial charge in [0.15, 0.2) is 0 Å². The maximum absolute atomic E-state index is 10.7. The van der Waals surface area contributed by atoms with Crippen LogP contribution in [0.5, 0.6) is 0 Å². The molecule has 0 spiro atoms. The minimum absolute atomic E-state index is 0.146. The molecule has 0 atom stereocenters. The third-order valence-electron chi connectivity index (χ3n) is 1.89. The smallest absolute Gasteiger partial charge is 0.335 e. The van der Waals surface area contributed by atoms with E-state index in [-0.39, 0.29) is 5.56 Å². The van der Waals surface area contributed by atoms with Crippen molar-refractivity contribution in [1.29, 1.82) is 0 Å². The van der Waals surface area contributed by atoms with Gasteiger partial charge in [0.2, 0.25) is 0 Å². The van der Waals surface area contributed by atoms with E-state index < -0.39 is 5.97 Å². The predicted octanol–water partition coefficient (Wildman–Crippen LogP) is 1.99. The number of aromatic carboxylic acids is 1. The molecule has 5 heteroatoms. The van der Waals surface area contributed by atoms with E-state index in [1.807, 2.05) is 6.92 Å². The van der Waals surface area contributed by atoms with E-state index in [1.165, 1.54) is 12.1 Å². The molecule has 0 saturated heterocycles. The maximum atomic E-state index is 10.7. The largest absolute Gasteiger partial charge is 0.478 e. The second kappa shape index (κ2) is 2.99. The SMILES string of the molecule is Cc1cn2c(Cl)cc(C(=O)O)cc2n1. The number of carbonyl (C=O) groups is 1. The third-order valence-corrected chi connectivity index (χ3v) is 2.18. The number of hydrogen-bond donors (Lipinski definition) is 1. The average Bonchev–Trinajstić information content (AvgIpc) is 2.45. The Balaban J connectivity index is 2.77. The van der Waals surface area contributed by atoms with Crippen LogP contribution in [0.25, 0.3) is 5.65 Å². The molecule has 14 heavy (non-hydrogen) atoms. The quantitative estimate of drug-likeness (QED) is 0.733. The van der Waals surface area contributed by atoms with Gasteiger partial charge in [-0.05, 0) is 19.1 Å². The fourth-order valence-corrected chi connectivity index (χ4v) is 1.54. The number of carboxylic acid groups (broad SMARTS) is 1. The molecule has 0 aliphatic carbocycles. The summed E-state index contributed by atoms with van der Waals surface area (Å²) in [7, 11) is 0. The van der Waals surface area contributed by atoms with Crippen LogP contribution in [0.2, 0.25) is 5.15 Å². The Labute approximate surface area is 84.8 Å². The van der Waals surface area contributed by atoms with Gasteiger partial charge in [0.05, 0.1) is 11.3 Å². The summed E-state index contributed by atoms with van der Waals surface area (Å²) < 4.78 is 1.64. The van der Waals surface area contributed by atoms with E-state index >= 15 is 0 Å². The second-order valence-electron chi connectivity index (χ2n) is 2.98. The van der Waals surface area contributed by atoms with Crippen LogP contribution < -0.4 is 0 Å².